The number of methoxy groups -OCH3 is 1. The quantitative estimate of drug-likeness (QED) is 0.587. The molecule has 1 atom stereocenters. The van der Waals surface area contributed by atoms with Gasteiger partial charge in [-0.05, 0) is 12.1 Å². The van der Waals surface area contributed by atoms with Crippen molar-refractivity contribution >= 4 is 18.0 Å². The lowest BCUT2D eigenvalue weighted by Crippen LogP contribution is -2.46. The summed E-state index contributed by atoms with van der Waals surface area (Å²) in [4.78, 5) is 33.4. The Balaban J connectivity index is 2.46. The van der Waals surface area contributed by atoms with Crippen LogP contribution in [0.25, 0.3) is 0 Å². The highest BCUT2D eigenvalue weighted by molar-refractivity contribution is 5.86. The number of nitrogens with one attached hydrogen (secondary N) is 2. The molecule has 0 aliphatic carbocycles. The van der Waals surface area contributed by atoms with E-state index >= 15 is 0 Å². The van der Waals surface area contributed by atoms with E-state index in [1.807, 2.05) is 0 Å². The van der Waals surface area contributed by atoms with Crippen LogP contribution in [0.5, 0.6) is 0 Å². The Hall–Kier alpha value is -2.71. The molecule has 9 heteroatoms. The van der Waals surface area contributed by atoms with Crippen molar-refractivity contribution in [3.05, 3.63) is 24.0 Å². The number of urea groups is 1. The molecule has 0 aliphatic rings. The minimum atomic E-state index is -1.36. The van der Waals surface area contributed by atoms with Gasteiger partial charge in [-0.3, -0.25) is 4.79 Å². The van der Waals surface area contributed by atoms with Crippen LogP contribution in [0.1, 0.15) is 12.1 Å². The zero-order chi connectivity index (χ0) is 15.0. The Morgan fingerprint density at radius 2 is 2.20 bits per heavy atom. The first-order valence-electron chi connectivity index (χ1n) is 5.63. The van der Waals surface area contributed by atoms with Crippen molar-refractivity contribution in [2.45, 2.75) is 19.0 Å². The van der Waals surface area contributed by atoms with Gasteiger partial charge in [0, 0.05) is 6.20 Å². The predicted octanol–water partition coefficient (Wildman–Crippen LogP) is -0.708. The topological polar surface area (TPSA) is 131 Å². The number of carboxylic acids is 1. The summed E-state index contributed by atoms with van der Waals surface area (Å²) < 4.78 is 4.35. The molecular weight excluding hydrogens is 268 g/mol. The van der Waals surface area contributed by atoms with Crippen molar-refractivity contribution < 1.29 is 24.2 Å². The summed E-state index contributed by atoms with van der Waals surface area (Å²) in [7, 11) is 1.13. The van der Waals surface area contributed by atoms with Crippen LogP contribution in [0.3, 0.4) is 0 Å². The van der Waals surface area contributed by atoms with Crippen LogP contribution >= 0.6 is 0 Å². The minimum Gasteiger partial charge on any atom is -0.480 e. The molecule has 0 spiro atoms. The monoisotopic (exact) mass is 282 g/mol. The molecule has 1 aromatic heterocycles. The van der Waals surface area contributed by atoms with Crippen molar-refractivity contribution in [3.63, 3.8) is 0 Å². The third-order valence-corrected chi connectivity index (χ3v) is 2.26. The summed E-state index contributed by atoms with van der Waals surface area (Å²) in [6.07, 6.45) is 1.03. The smallest absolute Gasteiger partial charge is 0.326 e. The van der Waals surface area contributed by atoms with Crippen molar-refractivity contribution in [1.29, 1.82) is 0 Å². The van der Waals surface area contributed by atoms with Gasteiger partial charge in [0.1, 0.15) is 6.04 Å². The summed E-state index contributed by atoms with van der Waals surface area (Å²) in [6, 6.07) is 1.21. The second kappa shape index (κ2) is 7.67. The van der Waals surface area contributed by atoms with Crippen molar-refractivity contribution in [2.75, 3.05) is 7.11 Å². The molecule has 108 valence electrons. The molecule has 9 nitrogen and oxygen atoms in total. The van der Waals surface area contributed by atoms with E-state index in [1.165, 1.54) is 6.20 Å². The van der Waals surface area contributed by atoms with Gasteiger partial charge in [0.05, 0.1) is 25.8 Å². The fourth-order valence-corrected chi connectivity index (χ4v) is 1.26. The second-order valence-corrected chi connectivity index (χ2v) is 3.71. The van der Waals surface area contributed by atoms with Crippen LogP contribution < -0.4 is 10.6 Å². The van der Waals surface area contributed by atoms with E-state index in [-0.39, 0.29) is 6.54 Å². The SMILES string of the molecule is COC(=O)C[C@H](NC(=O)NCc1cccnn1)C(=O)O. The number of hydrogen-bond acceptors (Lipinski definition) is 6. The number of esters is 1. The van der Waals surface area contributed by atoms with E-state index in [2.05, 4.69) is 25.6 Å². The summed E-state index contributed by atoms with van der Waals surface area (Å²) in [5.41, 5.74) is 0.516. The molecule has 0 aromatic carbocycles. The molecule has 0 unspecified atom stereocenters. The van der Waals surface area contributed by atoms with Crippen LogP contribution in [0.15, 0.2) is 18.3 Å². The van der Waals surface area contributed by atoms with E-state index in [4.69, 9.17) is 5.11 Å². The normalized spacial score (nSPS) is 11.2. The number of aromatic nitrogens is 2. The number of carbonyl (C=O) groups is 3. The van der Waals surface area contributed by atoms with Crippen LogP contribution in [-0.2, 0) is 20.9 Å². The molecular formula is C11H14N4O5. The predicted molar refractivity (Wildman–Crippen MR) is 65.5 cm³/mol. The molecule has 0 radical (unpaired) electrons. The lowest BCUT2D eigenvalue weighted by molar-refractivity contribution is -0.147. The highest BCUT2D eigenvalue weighted by Gasteiger charge is 2.23. The van der Waals surface area contributed by atoms with Gasteiger partial charge >= 0.3 is 18.0 Å². The van der Waals surface area contributed by atoms with Crippen LogP contribution in [0.2, 0.25) is 0 Å². The molecule has 1 heterocycles. The summed E-state index contributed by atoms with van der Waals surface area (Å²) in [5, 5.41) is 20.8. The maximum absolute atomic E-state index is 11.5. The van der Waals surface area contributed by atoms with Gasteiger partial charge in [-0.25, -0.2) is 9.59 Å². The average molecular weight is 282 g/mol. The van der Waals surface area contributed by atoms with Crippen molar-refractivity contribution in [1.82, 2.24) is 20.8 Å². The van der Waals surface area contributed by atoms with E-state index in [9.17, 15) is 14.4 Å². The summed E-state index contributed by atoms with van der Waals surface area (Å²) in [5.74, 6) is -2.06. The first-order valence-corrected chi connectivity index (χ1v) is 5.63. The standard InChI is InChI=1S/C11H14N4O5/c1-20-9(16)5-8(10(17)18)14-11(19)12-6-7-3-2-4-13-15-7/h2-4,8H,5-6H2,1H3,(H,17,18)(H2,12,14,19)/t8-/m0/s1. The first kappa shape index (κ1) is 15.3. The number of hydrogen-bond donors (Lipinski definition) is 3. The minimum absolute atomic E-state index is 0.0875. The molecule has 0 fully saturated rings. The average Bonchev–Trinajstić information content (AvgIpc) is 2.45. The first-order chi connectivity index (χ1) is 9.52. The maximum Gasteiger partial charge on any atom is 0.326 e. The van der Waals surface area contributed by atoms with Gasteiger partial charge in [0.2, 0.25) is 0 Å². The van der Waals surface area contributed by atoms with Gasteiger partial charge in [-0.15, -0.1) is 0 Å². The number of ether oxygens (including phenoxy) is 1. The zero-order valence-electron chi connectivity index (χ0n) is 10.7. The van der Waals surface area contributed by atoms with E-state index in [0.29, 0.717) is 5.69 Å². The molecule has 3 N–H and O–H groups in total. The summed E-state index contributed by atoms with van der Waals surface area (Å²) >= 11 is 0. The van der Waals surface area contributed by atoms with E-state index in [1.54, 1.807) is 12.1 Å². The number of carboxylic acid groups (broad SMARTS) is 1. The van der Waals surface area contributed by atoms with E-state index in [0.717, 1.165) is 7.11 Å². The van der Waals surface area contributed by atoms with E-state index < -0.39 is 30.4 Å². The van der Waals surface area contributed by atoms with Gasteiger partial charge in [-0.2, -0.15) is 10.2 Å². The number of nitrogens with zero attached hydrogens (tertiary/aromatic N) is 2. The Bertz CT molecular complexity index is 479. The lowest BCUT2D eigenvalue weighted by Gasteiger charge is -2.13. The Morgan fingerprint density at radius 3 is 2.75 bits per heavy atom. The second-order valence-electron chi connectivity index (χ2n) is 3.71. The summed E-state index contributed by atoms with van der Waals surface area (Å²) in [6.45, 7) is 0.0875. The third kappa shape index (κ3) is 5.29. The molecule has 1 aromatic rings. The van der Waals surface area contributed by atoms with Crippen molar-refractivity contribution in [3.8, 4) is 0 Å². The largest absolute Gasteiger partial charge is 0.480 e. The van der Waals surface area contributed by atoms with Gasteiger partial charge in [-0.1, -0.05) is 0 Å². The number of amides is 2. The fraction of sp³-hybridized carbons (Fsp3) is 0.364. The molecule has 0 aliphatic heterocycles. The number of carbonyl (C=O) groups excluding carboxylic acids is 2. The lowest BCUT2D eigenvalue weighted by atomic mass is 10.2. The highest BCUT2D eigenvalue weighted by atomic mass is 16.5. The van der Waals surface area contributed by atoms with Crippen LogP contribution in [-0.4, -0.2) is 46.4 Å². The third-order valence-electron chi connectivity index (χ3n) is 2.26. The molecule has 0 saturated carbocycles. The Kier molecular flexibility index (Phi) is 5.88. The molecule has 20 heavy (non-hydrogen) atoms. The van der Waals surface area contributed by atoms with Crippen LogP contribution in [0.4, 0.5) is 4.79 Å². The molecule has 0 bridgehead atoms. The van der Waals surface area contributed by atoms with Gasteiger partial charge in [0.25, 0.3) is 0 Å². The maximum atomic E-state index is 11.5. The number of aliphatic carboxylic acids is 1. The Morgan fingerprint density at radius 1 is 1.45 bits per heavy atom. The Labute approximate surface area is 114 Å². The molecule has 0 saturated heterocycles. The zero-order valence-corrected chi connectivity index (χ0v) is 10.7. The van der Waals surface area contributed by atoms with Crippen molar-refractivity contribution in [2.24, 2.45) is 0 Å². The van der Waals surface area contributed by atoms with Gasteiger partial charge < -0.3 is 20.5 Å². The number of rotatable bonds is 6. The fourth-order valence-electron chi connectivity index (χ4n) is 1.26. The van der Waals surface area contributed by atoms with Gasteiger partial charge in [0.15, 0.2) is 0 Å². The molecule has 2 amide bonds. The molecule has 1 rings (SSSR count). The van der Waals surface area contributed by atoms with Crippen LogP contribution in [0, 0.1) is 0 Å². The highest BCUT2D eigenvalue weighted by Crippen LogP contribution is 1.96.